The first-order valence-electron chi connectivity index (χ1n) is 4.99. The van der Waals surface area contributed by atoms with Gasteiger partial charge < -0.3 is 5.11 Å². The lowest BCUT2D eigenvalue weighted by Crippen LogP contribution is -2.22. The summed E-state index contributed by atoms with van der Waals surface area (Å²) in [7, 11) is 1.21. The average Bonchev–Trinajstić information content (AvgIpc) is 2.65. The summed E-state index contributed by atoms with van der Waals surface area (Å²) < 4.78 is 13.7. The SMILES string of the molecule is OC1(c2ccc(SS)cc2F)CCCC1. The maximum Gasteiger partial charge on any atom is 0.130 e. The van der Waals surface area contributed by atoms with Gasteiger partial charge in [0.15, 0.2) is 0 Å². The van der Waals surface area contributed by atoms with E-state index in [1.807, 2.05) is 0 Å². The van der Waals surface area contributed by atoms with Gasteiger partial charge in [-0.1, -0.05) is 29.7 Å². The van der Waals surface area contributed by atoms with Crippen molar-refractivity contribution < 1.29 is 9.50 Å². The van der Waals surface area contributed by atoms with Crippen LogP contribution in [0.15, 0.2) is 23.1 Å². The minimum absolute atomic E-state index is 0.321. The van der Waals surface area contributed by atoms with Crippen molar-refractivity contribution >= 4 is 22.5 Å². The standard InChI is InChI=1S/C11H13FOS2/c12-10-7-8(15-14)3-4-9(10)11(13)5-1-2-6-11/h3-4,7,13-14H,1-2,5-6H2. The van der Waals surface area contributed by atoms with Crippen LogP contribution < -0.4 is 0 Å². The van der Waals surface area contributed by atoms with Crippen LogP contribution in [0.1, 0.15) is 31.2 Å². The molecule has 0 unspecified atom stereocenters. The molecule has 0 aliphatic heterocycles. The van der Waals surface area contributed by atoms with Gasteiger partial charge in [-0.2, -0.15) is 0 Å². The Morgan fingerprint density at radius 3 is 2.53 bits per heavy atom. The third-order valence-electron chi connectivity index (χ3n) is 2.98. The molecule has 82 valence electrons. The molecule has 1 fully saturated rings. The molecule has 1 saturated carbocycles. The van der Waals surface area contributed by atoms with Gasteiger partial charge in [-0.15, -0.1) is 11.7 Å². The predicted molar refractivity (Wildman–Crippen MR) is 63.6 cm³/mol. The van der Waals surface area contributed by atoms with Crippen LogP contribution in [0.25, 0.3) is 0 Å². The van der Waals surface area contributed by atoms with Crippen LogP contribution in [0.4, 0.5) is 4.39 Å². The van der Waals surface area contributed by atoms with E-state index in [0.717, 1.165) is 17.7 Å². The van der Waals surface area contributed by atoms with Crippen molar-refractivity contribution in [1.29, 1.82) is 0 Å². The van der Waals surface area contributed by atoms with Gasteiger partial charge in [0.25, 0.3) is 0 Å². The Bertz CT molecular complexity index is 362. The number of hydrogen-bond acceptors (Lipinski definition) is 3. The first kappa shape index (κ1) is 11.3. The molecule has 0 saturated heterocycles. The molecular formula is C11H13FOS2. The van der Waals surface area contributed by atoms with Gasteiger partial charge in [-0.25, -0.2) is 4.39 Å². The van der Waals surface area contributed by atoms with Crippen LogP contribution in [0.5, 0.6) is 0 Å². The fourth-order valence-electron chi connectivity index (χ4n) is 2.16. The van der Waals surface area contributed by atoms with E-state index in [9.17, 15) is 9.50 Å². The van der Waals surface area contributed by atoms with Gasteiger partial charge in [0.1, 0.15) is 5.82 Å². The minimum Gasteiger partial charge on any atom is -0.385 e. The van der Waals surface area contributed by atoms with Gasteiger partial charge >= 0.3 is 0 Å². The summed E-state index contributed by atoms with van der Waals surface area (Å²) in [6.45, 7) is 0. The summed E-state index contributed by atoms with van der Waals surface area (Å²) in [5.41, 5.74) is -0.504. The molecule has 1 aromatic carbocycles. The van der Waals surface area contributed by atoms with E-state index in [4.69, 9.17) is 0 Å². The van der Waals surface area contributed by atoms with E-state index in [0.29, 0.717) is 18.4 Å². The van der Waals surface area contributed by atoms with Crippen LogP contribution >= 0.6 is 22.5 Å². The molecule has 1 aromatic rings. The molecule has 0 atom stereocenters. The van der Waals surface area contributed by atoms with Crippen LogP contribution in [-0.4, -0.2) is 5.11 Å². The Morgan fingerprint density at radius 2 is 2.00 bits per heavy atom. The van der Waals surface area contributed by atoms with Gasteiger partial charge in [0, 0.05) is 10.5 Å². The van der Waals surface area contributed by atoms with Crippen molar-refractivity contribution in [2.45, 2.75) is 36.2 Å². The topological polar surface area (TPSA) is 20.2 Å². The molecule has 0 bridgehead atoms. The van der Waals surface area contributed by atoms with Gasteiger partial charge in [0.2, 0.25) is 0 Å². The first-order valence-corrected chi connectivity index (χ1v) is 6.86. The number of aliphatic hydroxyl groups is 1. The van der Waals surface area contributed by atoms with E-state index in [2.05, 4.69) is 11.7 Å². The maximum atomic E-state index is 13.7. The first-order chi connectivity index (χ1) is 7.15. The Kier molecular flexibility index (Phi) is 3.28. The Morgan fingerprint density at radius 1 is 1.33 bits per heavy atom. The number of rotatable bonds is 2. The zero-order chi connectivity index (χ0) is 10.9. The van der Waals surface area contributed by atoms with Gasteiger partial charge in [-0.3, -0.25) is 0 Å². The Balaban J connectivity index is 2.36. The summed E-state index contributed by atoms with van der Waals surface area (Å²) in [6.07, 6.45) is 3.27. The molecular weight excluding hydrogens is 231 g/mol. The highest BCUT2D eigenvalue weighted by atomic mass is 33.1. The van der Waals surface area contributed by atoms with E-state index in [1.54, 1.807) is 12.1 Å². The van der Waals surface area contributed by atoms with Crippen molar-refractivity contribution in [2.75, 3.05) is 0 Å². The van der Waals surface area contributed by atoms with E-state index in [-0.39, 0.29) is 5.82 Å². The molecule has 15 heavy (non-hydrogen) atoms. The Labute approximate surface area is 97.9 Å². The van der Waals surface area contributed by atoms with E-state index in [1.165, 1.54) is 16.9 Å². The van der Waals surface area contributed by atoms with Crippen molar-refractivity contribution in [2.24, 2.45) is 0 Å². The zero-order valence-corrected chi connectivity index (χ0v) is 9.95. The van der Waals surface area contributed by atoms with Crippen molar-refractivity contribution in [3.8, 4) is 0 Å². The molecule has 1 nitrogen and oxygen atoms in total. The Hall–Kier alpha value is -0.190. The quantitative estimate of drug-likeness (QED) is 0.613. The second kappa shape index (κ2) is 4.36. The molecule has 2 rings (SSSR count). The molecule has 1 N–H and O–H groups in total. The average molecular weight is 244 g/mol. The number of hydrogen-bond donors (Lipinski definition) is 2. The normalized spacial score (nSPS) is 19.4. The maximum absolute atomic E-state index is 13.7. The molecule has 0 amide bonds. The summed E-state index contributed by atoms with van der Waals surface area (Å²) >= 11 is 4.01. The van der Waals surface area contributed by atoms with Gasteiger partial charge in [0.05, 0.1) is 5.60 Å². The molecule has 1 aliphatic carbocycles. The summed E-state index contributed by atoms with van der Waals surface area (Å²) in [6, 6.07) is 4.91. The monoisotopic (exact) mass is 244 g/mol. The molecule has 0 spiro atoms. The lowest BCUT2D eigenvalue weighted by Gasteiger charge is -2.23. The summed E-state index contributed by atoms with van der Waals surface area (Å²) in [5, 5.41) is 10.2. The fraction of sp³-hybridized carbons (Fsp3) is 0.455. The highest BCUT2D eigenvalue weighted by molar-refractivity contribution is 8.68. The van der Waals surface area contributed by atoms with Crippen LogP contribution in [0, 0.1) is 5.82 Å². The second-order valence-electron chi connectivity index (χ2n) is 3.97. The highest BCUT2D eigenvalue weighted by Gasteiger charge is 2.35. The van der Waals surface area contributed by atoms with E-state index >= 15 is 0 Å². The molecule has 0 aromatic heterocycles. The second-order valence-corrected chi connectivity index (χ2v) is 5.17. The van der Waals surface area contributed by atoms with Gasteiger partial charge in [-0.05, 0) is 25.0 Å². The number of halogens is 1. The third-order valence-corrected chi connectivity index (χ3v) is 4.08. The third kappa shape index (κ3) is 2.17. The van der Waals surface area contributed by atoms with E-state index < -0.39 is 5.60 Å². The molecule has 0 heterocycles. The summed E-state index contributed by atoms with van der Waals surface area (Å²) in [5.74, 6) is -0.321. The zero-order valence-electron chi connectivity index (χ0n) is 8.24. The summed E-state index contributed by atoms with van der Waals surface area (Å²) in [4.78, 5) is 0.765. The lowest BCUT2D eigenvalue weighted by molar-refractivity contribution is 0.0407. The minimum atomic E-state index is -0.941. The van der Waals surface area contributed by atoms with Crippen LogP contribution in [0.2, 0.25) is 0 Å². The molecule has 0 radical (unpaired) electrons. The molecule has 1 aliphatic rings. The van der Waals surface area contributed by atoms with Crippen molar-refractivity contribution in [3.63, 3.8) is 0 Å². The number of thiol groups is 1. The highest BCUT2D eigenvalue weighted by Crippen LogP contribution is 2.40. The number of benzene rings is 1. The fourth-order valence-corrected chi connectivity index (χ4v) is 2.79. The van der Waals surface area contributed by atoms with Crippen LogP contribution in [0.3, 0.4) is 0 Å². The van der Waals surface area contributed by atoms with Crippen molar-refractivity contribution in [3.05, 3.63) is 29.6 Å². The van der Waals surface area contributed by atoms with Crippen molar-refractivity contribution in [1.82, 2.24) is 0 Å². The van der Waals surface area contributed by atoms with Crippen LogP contribution in [-0.2, 0) is 5.60 Å². The smallest absolute Gasteiger partial charge is 0.130 e. The largest absolute Gasteiger partial charge is 0.385 e. The lowest BCUT2D eigenvalue weighted by atomic mass is 9.92. The molecule has 4 heteroatoms. The predicted octanol–water partition coefficient (Wildman–Crippen LogP) is 3.52.